The van der Waals surface area contributed by atoms with E-state index < -0.39 is 39.2 Å². The maximum Gasteiger partial charge on any atom is 0.346 e. The van der Waals surface area contributed by atoms with Gasteiger partial charge in [-0.25, -0.2) is 13.6 Å². The average molecular weight is 684 g/mol. The Hall–Kier alpha value is -6.06. The number of hydrogen-bond acceptors (Lipinski definition) is 5. The Bertz CT molecular complexity index is 2740. The van der Waals surface area contributed by atoms with Crippen LogP contribution in [-0.2, 0) is 17.2 Å². The molecule has 2 heterocycles. The Labute approximate surface area is 285 Å². The van der Waals surface area contributed by atoms with Crippen LogP contribution in [0.2, 0.25) is 0 Å². The highest BCUT2D eigenvalue weighted by Crippen LogP contribution is 2.48. The summed E-state index contributed by atoms with van der Waals surface area (Å²) < 4.78 is 71.8. The van der Waals surface area contributed by atoms with Crippen molar-refractivity contribution in [3.63, 3.8) is 0 Å². The van der Waals surface area contributed by atoms with Gasteiger partial charge in [-0.2, -0.15) is 8.42 Å². The minimum atomic E-state index is -4.59. The Kier molecular flexibility index (Phi) is 7.57. The standard InChI is InChI=1S/C41H27F2NO5S/c1-44-34-21-7-6-20-33(34)37(39(44)36(26-13-8-15-28(42)23-26)27-14-9-16-29(43)24-27)38-31-18-4-5-19-32(31)40(45)48-41(38)49-50(46,47)35-22-10-12-25-11-2-3-17-30(25)35/h2-24,36H,1H3. The number of nitrogens with zero attached hydrogens (tertiary/aromatic N) is 1. The predicted molar refractivity (Wildman–Crippen MR) is 190 cm³/mol. The Morgan fingerprint density at radius 3 is 1.88 bits per heavy atom. The van der Waals surface area contributed by atoms with Gasteiger partial charge in [-0.1, -0.05) is 97.1 Å². The molecule has 0 saturated carbocycles. The van der Waals surface area contributed by atoms with Crippen LogP contribution in [-0.4, -0.2) is 13.0 Å². The van der Waals surface area contributed by atoms with Crippen LogP contribution in [0.15, 0.2) is 154 Å². The van der Waals surface area contributed by atoms with Gasteiger partial charge in [0, 0.05) is 40.0 Å². The van der Waals surface area contributed by atoms with Gasteiger partial charge in [0.1, 0.15) is 16.5 Å². The number of benzene rings is 6. The summed E-state index contributed by atoms with van der Waals surface area (Å²) in [5, 5.41) is 2.37. The van der Waals surface area contributed by atoms with Crippen molar-refractivity contribution in [1.82, 2.24) is 4.57 Å². The minimum Gasteiger partial charge on any atom is -0.388 e. The summed E-state index contributed by atoms with van der Waals surface area (Å²) in [6, 6.07) is 38.1. The molecule has 8 rings (SSSR count). The van der Waals surface area contributed by atoms with Crippen molar-refractivity contribution in [2.45, 2.75) is 10.8 Å². The lowest BCUT2D eigenvalue weighted by Gasteiger charge is -2.23. The van der Waals surface area contributed by atoms with E-state index in [0.717, 1.165) is 5.52 Å². The van der Waals surface area contributed by atoms with E-state index in [-0.39, 0.29) is 15.8 Å². The van der Waals surface area contributed by atoms with Crippen molar-refractivity contribution in [3.05, 3.63) is 178 Å². The van der Waals surface area contributed by atoms with Crippen LogP contribution in [0, 0.1) is 11.6 Å². The largest absolute Gasteiger partial charge is 0.388 e. The molecule has 6 aromatic carbocycles. The van der Waals surface area contributed by atoms with Crippen molar-refractivity contribution in [2.75, 3.05) is 0 Å². The molecule has 2 aromatic heterocycles. The molecular formula is C41H27F2NO5S. The van der Waals surface area contributed by atoms with E-state index in [1.54, 1.807) is 84.9 Å². The zero-order valence-corrected chi connectivity index (χ0v) is 27.3. The summed E-state index contributed by atoms with van der Waals surface area (Å²) in [7, 11) is -2.75. The molecule has 9 heteroatoms. The molecule has 0 N–H and O–H groups in total. The SMILES string of the molecule is Cn1c(C(c2cccc(F)c2)c2cccc(F)c2)c(-c2c(OS(=O)(=O)c3cccc4ccccc34)oc(=O)c3ccccc23)c2ccccc21. The fourth-order valence-corrected chi connectivity index (χ4v) is 8.03. The Balaban J connectivity index is 1.48. The van der Waals surface area contributed by atoms with Crippen LogP contribution in [0.25, 0.3) is 43.6 Å². The molecule has 0 fully saturated rings. The summed E-state index contributed by atoms with van der Waals surface area (Å²) >= 11 is 0. The summed E-state index contributed by atoms with van der Waals surface area (Å²) in [4.78, 5) is 13.4. The molecule has 0 aliphatic rings. The fourth-order valence-electron chi connectivity index (χ4n) is 6.93. The van der Waals surface area contributed by atoms with Gasteiger partial charge in [0.05, 0.1) is 16.9 Å². The van der Waals surface area contributed by atoms with Gasteiger partial charge in [0.25, 0.3) is 0 Å². The summed E-state index contributed by atoms with van der Waals surface area (Å²) in [5.41, 5.74) is 2.24. The second-order valence-corrected chi connectivity index (χ2v) is 13.5. The maximum atomic E-state index is 14.9. The number of hydrogen-bond donors (Lipinski definition) is 0. The predicted octanol–water partition coefficient (Wildman–Crippen LogP) is 9.33. The molecule has 8 aromatic rings. The van der Waals surface area contributed by atoms with E-state index in [0.29, 0.717) is 43.9 Å². The Morgan fingerprint density at radius 2 is 1.20 bits per heavy atom. The van der Waals surface area contributed by atoms with Crippen LogP contribution < -0.4 is 9.81 Å². The normalized spacial score (nSPS) is 11.9. The molecule has 0 unspecified atom stereocenters. The Morgan fingerprint density at radius 1 is 0.640 bits per heavy atom. The average Bonchev–Trinajstić information content (AvgIpc) is 3.39. The molecule has 0 amide bonds. The zero-order chi connectivity index (χ0) is 34.6. The van der Waals surface area contributed by atoms with Crippen molar-refractivity contribution in [3.8, 4) is 17.1 Å². The van der Waals surface area contributed by atoms with Gasteiger partial charge in [0.2, 0.25) is 0 Å². The number of halogens is 2. The van der Waals surface area contributed by atoms with Crippen LogP contribution in [0.4, 0.5) is 8.78 Å². The van der Waals surface area contributed by atoms with Gasteiger partial charge in [-0.3, -0.25) is 0 Å². The second kappa shape index (κ2) is 12.1. The van der Waals surface area contributed by atoms with Gasteiger partial charge < -0.3 is 13.2 Å². The quantitative estimate of drug-likeness (QED) is 0.157. The molecule has 50 heavy (non-hydrogen) atoms. The topological polar surface area (TPSA) is 78.5 Å². The first-order chi connectivity index (χ1) is 24.2. The number of rotatable bonds is 7. The molecule has 0 bridgehead atoms. The van der Waals surface area contributed by atoms with Crippen molar-refractivity contribution in [2.24, 2.45) is 7.05 Å². The highest BCUT2D eigenvalue weighted by atomic mass is 32.2. The smallest absolute Gasteiger partial charge is 0.346 e. The highest BCUT2D eigenvalue weighted by Gasteiger charge is 2.33. The fraction of sp³-hybridized carbons (Fsp3) is 0.0488. The first kappa shape index (κ1) is 31.2. The highest BCUT2D eigenvalue weighted by molar-refractivity contribution is 7.87. The van der Waals surface area contributed by atoms with E-state index in [2.05, 4.69) is 0 Å². The lowest BCUT2D eigenvalue weighted by Crippen LogP contribution is -2.14. The lowest BCUT2D eigenvalue weighted by molar-refractivity contribution is 0.364. The van der Waals surface area contributed by atoms with Gasteiger partial charge in [-0.15, -0.1) is 0 Å². The second-order valence-electron chi connectivity index (χ2n) is 12.0. The van der Waals surface area contributed by atoms with E-state index >= 15 is 0 Å². The number of aryl methyl sites for hydroxylation is 1. The molecule has 0 spiro atoms. The van der Waals surface area contributed by atoms with Crippen LogP contribution >= 0.6 is 0 Å². The molecule has 0 aliphatic carbocycles. The monoisotopic (exact) mass is 683 g/mol. The first-order valence-corrected chi connectivity index (χ1v) is 17.2. The van der Waals surface area contributed by atoms with Crippen LogP contribution in [0.3, 0.4) is 0 Å². The van der Waals surface area contributed by atoms with Gasteiger partial charge >= 0.3 is 21.7 Å². The van der Waals surface area contributed by atoms with E-state index in [4.69, 9.17) is 8.60 Å². The molecule has 6 nitrogen and oxygen atoms in total. The minimum absolute atomic E-state index is 0.104. The molecule has 0 aliphatic heterocycles. The van der Waals surface area contributed by atoms with Crippen LogP contribution in [0.5, 0.6) is 5.95 Å². The first-order valence-electron chi connectivity index (χ1n) is 15.8. The van der Waals surface area contributed by atoms with E-state index in [1.165, 1.54) is 30.3 Å². The molecule has 0 atom stereocenters. The van der Waals surface area contributed by atoms with E-state index in [9.17, 15) is 22.0 Å². The number of para-hydroxylation sites is 1. The number of aromatic nitrogens is 1. The maximum absolute atomic E-state index is 14.9. The van der Waals surface area contributed by atoms with Gasteiger partial charge in [0.15, 0.2) is 0 Å². The van der Waals surface area contributed by atoms with Gasteiger partial charge in [-0.05, 0) is 59.0 Å². The zero-order valence-electron chi connectivity index (χ0n) is 26.5. The molecule has 0 radical (unpaired) electrons. The lowest BCUT2D eigenvalue weighted by atomic mass is 9.84. The molecule has 246 valence electrons. The van der Waals surface area contributed by atoms with Crippen molar-refractivity contribution >= 4 is 42.6 Å². The van der Waals surface area contributed by atoms with Crippen LogP contribution in [0.1, 0.15) is 22.7 Å². The summed E-state index contributed by atoms with van der Waals surface area (Å²) in [6.45, 7) is 0. The molecular weight excluding hydrogens is 657 g/mol. The van der Waals surface area contributed by atoms with Crippen molar-refractivity contribution < 1.29 is 25.8 Å². The third-order valence-corrected chi connectivity index (χ3v) is 10.3. The summed E-state index contributed by atoms with van der Waals surface area (Å²) in [6.07, 6.45) is 0. The summed E-state index contributed by atoms with van der Waals surface area (Å²) in [5.74, 6) is -2.25. The van der Waals surface area contributed by atoms with Crippen molar-refractivity contribution in [1.29, 1.82) is 0 Å². The van der Waals surface area contributed by atoms with E-state index in [1.807, 2.05) is 35.9 Å². The third-order valence-electron chi connectivity index (χ3n) is 9.05. The third kappa shape index (κ3) is 5.23. The molecule has 0 saturated heterocycles. The number of fused-ring (bicyclic) bond motifs is 3.